The number of benzene rings is 1. The second kappa shape index (κ2) is 10.3. The summed E-state index contributed by atoms with van der Waals surface area (Å²) in [7, 11) is 0. The smallest absolute Gasteiger partial charge is 0.229 e. The average molecular weight is 457 g/mol. The van der Waals surface area contributed by atoms with Crippen molar-refractivity contribution >= 4 is 28.3 Å². The number of likely N-dealkylation sites (tertiary alicyclic amines) is 1. The van der Waals surface area contributed by atoms with Gasteiger partial charge in [-0.2, -0.15) is 4.98 Å². The lowest BCUT2D eigenvalue weighted by atomic mass is 9.95. The minimum absolute atomic E-state index is 0.0220. The normalized spacial score (nSPS) is 14.3. The van der Waals surface area contributed by atoms with Crippen LogP contribution in [0.2, 0.25) is 0 Å². The molecule has 2 amide bonds. The number of rotatable bonds is 8. The number of ether oxygens (including phenoxy) is 1. The van der Waals surface area contributed by atoms with Crippen molar-refractivity contribution in [1.29, 1.82) is 0 Å². The van der Waals surface area contributed by atoms with Crippen molar-refractivity contribution in [2.45, 2.75) is 32.6 Å². The number of piperidine rings is 1. The van der Waals surface area contributed by atoms with E-state index in [1.807, 2.05) is 31.2 Å². The Kier molecular flexibility index (Phi) is 7.05. The van der Waals surface area contributed by atoms with Gasteiger partial charge in [-0.3, -0.25) is 9.59 Å². The monoisotopic (exact) mass is 456 g/mol. The predicted octanol–water partition coefficient (Wildman–Crippen LogP) is 2.80. The third kappa shape index (κ3) is 5.47. The number of hydrogen-bond acceptors (Lipinski definition) is 9. The molecule has 1 aromatic carbocycles. The zero-order chi connectivity index (χ0) is 22.3. The first kappa shape index (κ1) is 21.9. The van der Waals surface area contributed by atoms with E-state index in [9.17, 15) is 9.59 Å². The van der Waals surface area contributed by atoms with Gasteiger partial charge in [0.25, 0.3) is 0 Å². The first-order valence-corrected chi connectivity index (χ1v) is 11.4. The van der Waals surface area contributed by atoms with Crippen molar-refractivity contribution in [3.63, 3.8) is 0 Å². The molecule has 1 N–H and O–H groups in total. The molecular formula is C21H24N6O4S. The van der Waals surface area contributed by atoms with Crippen LogP contribution in [0.4, 0.5) is 5.13 Å². The molecule has 3 heterocycles. The Balaban J connectivity index is 1.23. The van der Waals surface area contributed by atoms with Gasteiger partial charge in [0.05, 0.1) is 6.61 Å². The molecule has 3 aromatic rings. The van der Waals surface area contributed by atoms with E-state index in [1.54, 1.807) is 10.4 Å². The summed E-state index contributed by atoms with van der Waals surface area (Å²) in [5.74, 6) is 1.52. The van der Waals surface area contributed by atoms with Crippen LogP contribution in [0.3, 0.4) is 0 Å². The van der Waals surface area contributed by atoms with E-state index in [1.165, 1.54) is 11.3 Å². The number of hydrogen-bond donors (Lipinski definition) is 1. The van der Waals surface area contributed by atoms with E-state index in [4.69, 9.17) is 9.26 Å². The Hall–Kier alpha value is -3.34. The van der Waals surface area contributed by atoms with Gasteiger partial charge in [0.1, 0.15) is 11.3 Å². The summed E-state index contributed by atoms with van der Waals surface area (Å²) in [4.78, 5) is 31.1. The molecule has 0 atom stereocenters. The number of amides is 2. The average Bonchev–Trinajstić information content (AvgIpc) is 3.51. The van der Waals surface area contributed by atoms with Crippen LogP contribution in [0.1, 0.15) is 32.1 Å². The van der Waals surface area contributed by atoms with Crippen LogP contribution in [-0.4, -0.2) is 56.7 Å². The molecule has 1 fully saturated rings. The van der Waals surface area contributed by atoms with Crippen LogP contribution in [0, 0.1) is 5.92 Å². The number of aromatic nitrogens is 4. The molecule has 0 unspecified atom stereocenters. The van der Waals surface area contributed by atoms with E-state index in [-0.39, 0.29) is 24.2 Å². The van der Waals surface area contributed by atoms with E-state index in [0.717, 1.165) is 11.3 Å². The standard InChI is InChI=1S/C21H24N6O4S/c1-2-30-16-5-3-14(4-6-16)19-23-17(31-26-19)7-8-18(28)27-11-9-15(10-12-27)20(29)24-21-25-22-13-32-21/h3-6,13,15H,2,7-12H2,1H3,(H,24,25,29). The molecule has 1 saturated heterocycles. The summed E-state index contributed by atoms with van der Waals surface area (Å²) in [6, 6.07) is 7.46. The fraction of sp³-hybridized carbons (Fsp3) is 0.429. The molecule has 2 aromatic heterocycles. The van der Waals surface area contributed by atoms with Gasteiger partial charge in [-0.25, -0.2) is 0 Å². The van der Waals surface area contributed by atoms with Crippen LogP contribution in [-0.2, 0) is 16.0 Å². The summed E-state index contributed by atoms with van der Waals surface area (Å²) in [6.07, 6.45) is 1.91. The Morgan fingerprint density at radius 3 is 2.72 bits per heavy atom. The van der Waals surface area contributed by atoms with Crippen molar-refractivity contribution in [2.75, 3.05) is 25.0 Å². The van der Waals surface area contributed by atoms with Gasteiger partial charge in [0.2, 0.25) is 28.7 Å². The fourth-order valence-corrected chi connectivity index (χ4v) is 3.99. The maximum Gasteiger partial charge on any atom is 0.229 e. The zero-order valence-corrected chi connectivity index (χ0v) is 18.5. The Labute approximate surface area is 189 Å². The molecule has 0 spiro atoms. The van der Waals surface area contributed by atoms with Crippen molar-refractivity contribution in [3.8, 4) is 17.1 Å². The van der Waals surface area contributed by atoms with Crippen LogP contribution in [0.5, 0.6) is 5.75 Å². The summed E-state index contributed by atoms with van der Waals surface area (Å²) in [5, 5.41) is 14.8. The first-order valence-electron chi connectivity index (χ1n) is 10.5. The third-order valence-corrected chi connectivity index (χ3v) is 5.86. The highest BCUT2D eigenvalue weighted by molar-refractivity contribution is 7.13. The number of nitrogens with one attached hydrogen (secondary N) is 1. The quantitative estimate of drug-likeness (QED) is 0.549. The fourth-order valence-electron chi connectivity index (χ4n) is 3.54. The zero-order valence-electron chi connectivity index (χ0n) is 17.7. The second-order valence-electron chi connectivity index (χ2n) is 7.36. The van der Waals surface area contributed by atoms with Crippen molar-refractivity contribution < 1.29 is 18.8 Å². The van der Waals surface area contributed by atoms with Gasteiger partial charge in [0, 0.05) is 37.4 Å². The van der Waals surface area contributed by atoms with Crippen molar-refractivity contribution in [2.24, 2.45) is 5.92 Å². The van der Waals surface area contributed by atoms with Crippen LogP contribution in [0.25, 0.3) is 11.4 Å². The van der Waals surface area contributed by atoms with Crippen molar-refractivity contribution in [1.82, 2.24) is 25.2 Å². The summed E-state index contributed by atoms with van der Waals surface area (Å²) in [6.45, 7) is 3.64. The van der Waals surface area contributed by atoms with Crippen LogP contribution < -0.4 is 10.1 Å². The maximum absolute atomic E-state index is 12.6. The second-order valence-corrected chi connectivity index (χ2v) is 8.19. The number of aryl methyl sites for hydroxylation is 1. The number of anilines is 1. The van der Waals surface area contributed by atoms with Gasteiger partial charge in [0.15, 0.2) is 0 Å². The molecule has 168 valence electrons. The van der Waals surface area contributed by atoms with E-state index in [0.29, 0.717) is 55.8 Å². The van der Waals surface area contributed by atoms with Gasteiger partial charge in [-0.05, 0) is 44.0 Å². The summed E-state index contributed by atoms with van der Waals surface area (Å²) < 4.78 is 10.7. The van der Waals surface area contributed by atoms with Gasteiger partial charge < -0.3 is 19.5 Å². The molecule has 0 radical (unpaired) electrons. The minimum Gasteiger partial charge on any atom is -0.494 e. The van der Waals surface area contributed by atoms with Gasteiger partial charge in [-0.15, -0.1) is 10.2 Å². The van der Waals surface area contributed by atoms with Crippen LogP contribution in [0.15, 0.2) is 34.3 Å². The summed E-state index contributed by atoms with van der Waals surface area (Å²) in [5.41, 5.74) is 2.39. The lowest BCUT2D eigenvalue weighted by molar-refractivity contribution is -0.134. The topological polar surface area (TPSA) is 123 Å². The molecular weight excluding hydrogens is 432 g/mol. The number of nitrogens with zero attached hydrogens (tertiary/aromatic N) is 5. The molecule has 0 aliphatic carbocycles. The van der Waals surface area contributed by atoms with E-state index < -0.39 is 0 Å². The summed E-state index contributed by atoms with van der Waals surface area (Å²) >= 11 is 1.28. The lowest BCUT2D eigenvalue weighted by Gasteiger charge is -2.31. The molecule has 10 nitrogen and oxygen atoms in total. The molecule has 11 heteroatoms. The van der Waals surface area contributed by atoms with Gasteiger partial charge >= 0.3 is 0 Å². The highest BCUT2D eigenvalue weighted by Gasteiger charge is 2.28. The molecule has 0 saturated carbocycles. The highest BCUT2D eigenvalue weighted by Crippen LogP contribution is 2.22. The largest absolute Gasteiger partial charge is 0.494 e. The van der Waals surface area contributed by atoms with Gasteiger partial charge in [-0.1, -0.05) is 16.5 Å². The lowest BCUT2D eigenvalue weighted by Crippen LogP contribution is -2.41. The Morgan fingerprint density at radius 2 is 2.03 bits per heavy atom. The highest BCUT2D eigenvalue weighted by atomic mass is 32.1. The number of carbonyl (C=O) groups excluding carboxylic acids is 2. The Bertz CT molecular complexity index is 1030. The maximum atomic E-state index is 12.6. The van der Waals surface area contributed by atoms with Crippen molar-refractivity contribution in [3.05, 3.63) is 35.7 Å². The minimum atomic E-state index is -0.129. The number of carbonyl (C=O) groups is 2. The molecule has 32 heavy (non-hydrogen) atoms. The molecule has 0 bridgehead atoms. The molecule has 4 rings (SSSR count). The molecule has 1 aliphatic rings. The predicted molar refractivity (Wildman–Crippen MR) is 117 cm³/mol. The Morgan fingerprint density at radius 1 is 1.25 bits per heavy atom. The SMILES string of the molecule is CCOc1ccc(-c2noc(CCC(=O)N3CCC(C(=O)Nc4nncs4)CC3)n2)cc1. The first-order chi connectivity index (χ1) is 15.6. The third-order valence-electron chi connectivity index (χ3n) is 5.25. The molecule has 1 aliphatic heterocycles. The van der Waals surface area contributed by atoms with E-state index >= 15 is 0 Å². The van der Waals surface area contributed by atoms with E-state index in [2.05, 4.69) is 25.7 Å². The van der Waals surface area contributed by atoms with Crippen LogP contribution >= 0.6 is 11.3 Å².